The van der Waals surface area contributed by atoms with E-state index in [-0.39, 0.29) is 6.04 Å². The molecule has 116 valence electrons. The summed E-state index contributed by atoms with van der Waals surface area (Å²) < 4.78 is 7.55. The van der Waals surface area contributed by atoms with Gasteiger partial charge in [-0.2, -0.15) is 0 Å². The molecule has 0 amide bonds. The summed E-state index contributed by atoms with van der Waals surface area (Å²) in [5.41, 5.74) is 1.02. The van der Waals surface area contributed by atoms with Gasteiger partial charge in [-0.1, -0.05) is 0 Å². The minimum Gasteiger partial charge on any atom is -0.382 e. The van der Waals surface area contributed by atoms with Crippen molar-refractivity contribution in [1.82, 2.24) is 14.5 Å². The van der Waals surface area contributed by atoms with Crippen LogP contribution in [0.25, 0.3) is 0 Å². The standard InChI is InChI=1S/C15H24N4OS/c1-5-20-8-6-7-19-10-11(2)17-15(19)18-13(4)14-16-9-12(3)21-14/h9-10,13H,5-8H2,1-4H3,(H,17,18). The molecular formula is C15H24N4OS. The summed E-state index contributed by atoms with van der Waals surface area (Å²) in [5, 5.41) is 4.55. The Bertz CT molecular complexity index is 564. The Morgan fingerprint density at radius 1 is 1.43 bits per heavy atom. The van der Waals surface area contributed by atoms with Gasteiger partial charge in [-0.25, -0.2) is 9.97 Å². The highest BCUT2D eigenvalue weighted by molar-refractivity contribution is 7.11. The van der Waals surface area contributed by atoms with Crippen LogP contribution in [0.2, 0.25) is 0 Å². The van der Waals surface area contributed by atoms with Crippen LogP contribution < -0.4 is 5.32 Å². The summed E-state index contributed by atoms with van der Waals surface area (Å²) in [4.78, 5) is 10.2. The van der Waals surface area contributed by atoms with Gasteiger partial charge in [0.25, 0.3) is 0 Å². The highest BCUT2D eigenvalue weighted by Gasteiger charge is 2.13. The molecule has 6 heteroatoms. The van der Waals surface area contributed by atoms with E-state index in [9.17, 15) is 0 Å². The minimum atomic E-state index is 0.163. The molecule has 1 atom stereocenters. The molecule has 0 bridgehead atoms. The molecule has 0 aliphatic carbocycles. The second-order valence-electron chi connectivity index (χ2n) is 5.12. The van der Waals surface area contributed by atoms with E-state index in [0.717, 1.165) is 42.8 Å². The first-order valence-corrected chi connectivity index (χ1v) is 8.22. The molecule has 0 saturated heterocycles. The maximum atomic E-state index is 5.39. The molecule has 2 rings (SSSR count). The van der Waals surface area contributed by atoms with Crippen molar-refractivity contribution in [3.05, 3.63) is 28.0 Å². The first-order valence-electron chi connectivity index (χ1n) is 7.40. The highest BCUT2D eigenvalue weighted by atomic mass is 32.1. The van der Waals surface area contributed by atoms with Gasteiger partial charge in [0.1, 0.15) is 5.01 Å². The van der Waals surface area contributed by atoms with E-state index in [0.29, 0.717) is 0 Å². The first kappa shape index (κ1) is 16.0. The maximum absolute atomic E-state index is 5.39. The number of anilines is 1. The van der Waals surface area contributed by atoms with Gasteiger partial charge in [-0.05, 0) is 34.1 Å². The predicted molar refractivity (Wildman–Crippen MR) is 87.0 cm³/mol. The topological polar surface area (TPSA) is 52.0 Å². The van der Waals surface area contributed by atoms with Crippen molar-refractivity contribution < 1.29 is 4.74 Å². The molecule has 0 aromatic carbocycles. The van der Waals surface area contributed by atoms with Gasteiger partial charge in [0.15, 0.2) is 0 Å². The van der Waals surface area contributed by atoms with Gasteiger partial charge in [-0.3, -0.25) is 0 Å². The number of imidazole rings is 1. The third kappa shape index (κ3) is 4.54. The molecule has 2 aromatic rings. The molecular weight excluding hydrogens is 284 g/mol. The van der Waals surface area contributed by atoms with Crippen LogP contribution in [-0.4, -0.2) is 27.7 Å². The van der Waals surface area contributed by atoms with E-state index in [1.165, 1.54) is 4.88 Å². The lowest BCUT2D eigenvalue weighted by molar-refractivity contribution is 0.142. The predicted octanol–water partition coefficient (Wildman–Crippen LogP) is 3.56. The highest BCUT2D eigenvalue weighted by Crippen LogP contribution is 2.23. The molecule has 2 heterocycles. The molecule has 1 N–H and O–H groups in total. The van der Waals surface area contributed by atoms with Crippen LogP contribution in [0, 0.1) is 13.8 Å². The average molecular weight is 308 g/mol. The SMILES string of the molecule is CCOCCCn1cc(C)nc1NC(C)c1ncc(C)s1. The van der Waals surface area contributed by atoms with Crippen molar-refractivity contribution in [3.63, 3.8) is 0 Å². The summed E-state index contributed by atoms with van der Waals surface area (Å²) in [6, 6.07) is 0.163. The van der Waals surface area contributed by atoms with Crippen LogP contribution in [-0.2, 0) is 11.3 Å². The third-order valence-electron chi connectivity index (χ3n) is 3.14. The van der Waals surface area contributed by atoms with Crippen molar-refractivity contribution in [2.24, 2.45) is 0 Å². The van der Waals surface area contributed by atoms with E-state index >= 15 is 0 Å². The van der Waals surface area contributed by atoms with Crippen molar-refractivity contribution in [2.75, 3.05) is 18.5 Å². The second kappa shape index (κ2) is 7.56. The molecule has 0 fully saturated rings. The maximum Gasteiger partial charge on any atom is 0.203 e. The van der Waals surface area contributed by atoms with E-state index in [2.05, 4.69) is 39.9 Å². The van der Waals surface area contributed by atoms with E-state index in [1.807, 2.05) is 20.0 Å². The number of aromatic nitrogens is 3. The van der Waals surface area contributed by atoms with E-state index in [4.69, 9.17) is 4.74 Å². The number of nitrogens with zero attached hydrogens (tertiary/aromatic N) is 3. The molecule has 0 saturated carbocycles. The zero-order valence-corrected chi connectivity index (χ0v) is 14.0. The van der Waals surface area contributed by atoms with E-state index in [1.54, 1.807) is 11.3 Å². The molecule has 0 aliphatic rings. The molecule has 21 heavy (non-hydrogen) atoms. The zero-order valence-electron chi connectivity index (χ0n) is 13.2. The Balaban J connectivity index is 1.98. The van der Waals surface area contributed by atoms with E-state index < -0.39 is 0 Å². The number of ether oxygens (including phenoxy) is 1. The monoisotopic (exact) mass is 308 g/mol. The van der Waals surface area contributed by atoms with Gasteiger partial charge in [0.05, 0.1) is 11.7 Å². The van der Waals surface area contributed by atoms with Crippen molar-refractivity contribution in [3.8, 4) is 0 Å². The van der Waals surface area contributed by atoms with Gasteiger partial charge < -0.3 is 14.6 Å². The fraction of sp³-hybridized carbons (Fsp3) is 0.600. The van der Waals surface area contributed by atoms with Crippen molar-refractivity contribution in [2.45, 2.75) is 46.7 Å². The lowest BCUT2D eigenvalue weighted by Gasteiger charge is -2.14. The fourth-order valence-electron chi connectivity index (χ4n) is 2.14. The first-order chi connectivity index (χ1) is 10.1. The third-order valence-corrected chi connectivity index (χ3v) is 4.24. The van der Waals surface area contributed by atoms with Gasteiger partial charge in [0.2, 0.25) is 5.95 Å². The lowest BCUT2D eigenvalue weighted by atomic mass is 10.3. The van der Waals surface area contributed by atoms with Crippen LogP contribution in [0.15, 0.2) is 12.4 Å². The lowest BCUT2D eigenvalue weighted by Crippen LogP contribution is -2.12. The number of hydrogen-bond acceptors (Lipinski definition) is 5. The average Bonchev–Trinajstić information content (AvgIpc) is 3.01. The fourth-order valence-corrected chi connectivity index (χ4v) is 2.92. The van der Waals surface area contributed by atoms with Gasteiger partial charge in [0, 0.05) is 37.0 Å². The summed E-state index contributed by atoms with van der Waals surface area (Å²) in [7, 11) is 0. The Labute approximate surface area is 130 Å². The van der Waals surface area contributed by atoms with Crippen molar-refractivity contribution >= 4 is 17.3 Å². The smallest absolute Gasteiger partial charge is 0.203 e. The molecule has 5 nitrogen and oxygen atoms in total. The van der Waals surface area contributed by atoms with Crippen LogP contribution >= 0.6 is 11.3 Å². The van der Waals surface area contributed by atoms with Crippen LogP contribution in [0.1, 0.15) is 41.9 Å². The summed E-state index contributed by atoms with van der Waals surface area (Å²) in [6.07, 6.45) is 4.98. The Kier molecular flexibility index (Phi) is 5.76. The van der Waals surface area contributed by atoms with Crippen LogP contribution in [0.3, 0.4) is 0 Å². The van der Waals surface area contributed by atoms with Crippen LogP contribution in [0.5, 0.6) is 0 Å². The number of hydrogen-bond donors (Lipinski definition) is 1. The van der Waals surface area contributed by atoms with Crippen LogP contribution in [0.4, 0.5) is 5.95 Å². The van der Waals surface area contributed by atoms with Crippen molar-refractivity contribution in [1.29, 1.82) is 0 Å². The quantitative estimate of drug-likeness (QED) is 0.758. The Morgan fingerprint density at radius 3 is 2.90 bits per heavy atom. The second-order valence-corrected chi connectivity index (χ2v) is 6.39. The molecule has 0 spiro atoms. The summed E-state index contributed by atoms with van der Waals surface area (Å²) in [6.45, 7) is 10.7. The number of aryl methyl sites for hydroxylation is 3. The Morgan fingerprint density at radius 2 is 2.24 bits per heavy atom. The number of rotatable bonds is 8. The zero-order chi connectivity index (χ0) is 15.2. The van der Waals surface area contributed by atoms with Gasteiger partial charge >= 0.3 is 0 Å². The number of nitrogens with one attached hydrogen (secondary N) is 1. The molecule has 0 aliphatic heterocycles. The Hall–Kier alpha value is -1.40. The normalized spacial score (nSPS) is 12.6. The summed E-state index contributed by atoms with van der Waals surface area (Å²) in [5.74, 6) is 0.907. The molecule has 2 aromatic heterocycles. The summed E-state index contributed by atoms with van der Waals surface area (Å²) >= 11 is 1.72. The largest absolute Gasteiger partial charge is 0.382 e. The minimum absolute atomic E-state index is 0.163. The van der Waals surface area contributed by atoms with Gasteiger partial charge in [-0.15, -0.1) is 11.3 Å². The number of thiazole rings is 1. The molecule has 0 radical (unpaired) electrons. The molecule has 1 unspecified atom stereocenters.